The molecule has 0 N–H and O–H groups in total. The third-order valence-corrected chi connectivity index (χ3v) is 1.55. The van der Waals surface area contributed by atoms with Crippen molar-refractivity contribution in [3.8, 4) is 0 Å². The Morgan fingerprint density at radius 2 is 1.47 bits per heavy atom. The Morgan fingerprint density at radius 1 is 1.00 bits per heavy atom. The Balaban J connectivity index is 4.55. The van der Waals surface area contributed by atoms with Crippen LogP contribution in [0.1, 0.15) is 20.3 Å². The minimum absolute atomic E-state index is 0.0536. The zero-order valence-electron chi connectivity index (χ0n) is 8.13. The molecule has 0 bridgehead atoms. The number of hydrogen-bond donors (Lipinski definition) is 0. The lowest BCUT2D eigenvalue weighted by molar-refractivity contribution is -0.125. The molecule has 0 unspecified atom stereocenters. The third kappa shape index (κ3) is 7.04. The van der Waals surface area contributed by atoms with Crippen LogP contribution in [0.2, 0.25) is 0 Å². The van der Waals surface area contributed by atoms with E-state index in [1.165, 1.54) is 6.92 Å². The van der Waals surface area contributed by atoms with Crippen LogP contribution in [0.4, 0.5) is 26.3 Å². The summed E-state index contributed by atoms with van der Waals surface area (Å²) in [6.45, 7) is 2.01. The Morgan fingerprint density at radius 3 is 1.80 bits per heavy atom. The van der Waals surface area contributed by atoms with Gasteiger partial charge in [0.1, 0.15) is 0 Å². The highest BCUT2D eigenvalue weighted by Gasteiger charge is 2.30. The highest BCUT2D eigenvalue weighted by Crippen LogP contribution is 2.26. The summed E-state index contributed by atoms with van der Waals surface area (Å²) in [4.78, 5) is 0. The second-order valence-electron chi connectivity index (χ2n) is 3.09. The quantitative estimate of drug-likeness (QED) is 0.489. The molecule has 0 saturated carbocycles. The Bertz CT molecular complexity index is 265. The predicted molar refractivity (Wildman–Crippen MR) is 44.2 cm³/mol. The summed E-state index contributed by atoms with van der Waals surface area (Å²) in [5.41, 5.74) is -0.972. The second-order valence-corrected chi connectivity index (χ2v) is 3.09. The molecule has 0 spiro atoms. The normalized spacial score (nSPS) is 15.7. The van der Waals surface area contributed by atoms with Crippen LogP contribution in [0, 0.1) is 0 Å². The lowest BCUT2D eigenvalue weighted by Gasteiger charge is -2.06. The van der Waals surface area contributed by atoms with Crippen LogP contribution < -0.4 is 0 Å². The van der Waals surface area contributed by atoms with E-state index < -0.39 is 24.3 Å². The summed E-state index contributed by atoms with van der Waals surface area (Å²) in [6, 6.07) is 0. The monoisotopic (exact) mass is 232 g/mol. The molecule has 0 fully saturated rings. The zero-order valence-corrected chi connectivity index (χ0v) is 8.13. The van der Waals surface area contributed by atoms with Crippen LogP contribution in [-0.2, 0) is 0 Å². The van der Waals surface area contributed by atoms with Crippen LogP contribution >= 0.6 is 0 Å². The molecule has 0 aliphatic rings. The largest absolute Gasteiger partial charge is 0.412 e. The Labute approximate surface area is 83.3 Å². The zero-order chi connectivity index (χ0) is 12.3. The molecule has 0 aliphatic carbocycles. The minimum atomic E-state index is -4.49. The fourth-order valence-corrected chi connectivity index (χ4v) is 0.759. The van der Waals surface area contributed by atoms with E-state index in [1.807, 2.05) is 0 Å². The number of halogens is 6. The van der Waals surface area contributed by atoms with Crippen molar-refractivity contribution in [2.75, 3.05) is 0 Å². The van der Waals surface area contributed by atoms with Gasteiger partial charge in [0, 0.05) is 5.57 Å². The van der Waals surface area contributed by atoms with Gasteiger partial charge in [0.05, 0.1) is 6.42 Å². The standard InChI is InChI=1S/C9H10F6/c1-6(3-4-8(10,11)12)5-7(2)9(13,14)15/h3,5H,4H2,1-2H3/b6-3-,7-5+. The Hall–Kier alpha value is -0.940. The van der Waals surface area contributed by atoms with Gasteiger partial charge in [-0.25, -0.2) is 0 Å². The summed E-state index contributed by atoms with van der Waals surface area (Å²) in [7, 11) is 0. The number of allylic oxidation sites excluding steroid dienone is 4. The van der Waals surface area contributed by atoms with Crippen molar-refractivity contribution in [2.45, 2.75) is 32.6 Å². The van der Waals surface area contributed by atoms with Gasteiger partial charge in [-0.1, -0.05) is 17.7 Å². The SMILES string of the molecule is CC(=C/CC(F)(F)F)/C=C(\C)C(F)(F)F. The van der Waals surface area contributed by atoms with Gasteiger partial charge in [-0.15, -0.1) is 0 Å². The van der Waals surface area contributed by atoms with E-state index in [-0.39, 0.29) is 5.57 Å². The second kappa shape index (κ2) is 4.72. The molecule has 6 heteroatoms. The molecule has 0 heterocycles. The van der Waals surface area contributed by atoms with Crippen molar-refractivity contribution in [1.29, 1.82) is 0 Å². The minimum Gasteiger partial charge on any atom is -0.171 e. The van der Waals surface area contributed by atoms with Gasteiger partial charge in [-0.3, -0.25) is 0 Å². The molecule has 0 aromatic rings. The summed E-state index contributed by atoms with van der Waals surface area (Å²) >= 11 is 0. The summed E-state index contributed by atoms with van der Waals surface area (Å²) in [5.74, 6) is 0. The molecule has 0 atom stereocenters. The molecule has 88 valence electrons. The predicted octanol–water partition coefficient (Wildman–Crippen LogP) is 4.39. The summed E-state index contributed by atoms with van der Waals surface area (Å²) in [5, 5.41) is 0. The topological polar surface area (TPSA) is 0 Å². The first-order valence-corrected chi connectivity index (χ1v) is 4.01. The van der Waals surface area contributed by atoms with Gasteiger partial charge < -0.3 is 0 Å². The first-order valence-electron chi connectivity index (χ1n) is 4.01. The smallest absolute Gasteiger partial charge is 0.171 e. The van der Waals surface area contributed by atoms with E-state index in [1.54, 1.807) is 0 Å². The fraction of sp³-hybridized carbons (Fsp3) is 0.556. The van der Waals surface area contributed by atoms with E-state index in [0.29, 0.717) is 6.08 Å². The van der Waals surface area contributed by atoms with Crippen molar-refractivity contribution in [3.63, 3.8) is 0 Å². The van der Waals surface area contributed by atoms with Crippen LogP contribution in [0.5, 0.6) is 0 Å². The molecule has 0 amide bonds. The van der Waals surface area contributed by atoms with E-state index in [9.17, 15) is 26.3 Å². The maximum Gasteiger partial charge on any atom is 0.412 e. The van der Waals surface area contributed by atoms with Crippen molar-refractivity contribution in [3.05, 3.63) is 23.3 Å². The van der Waals surface area contributed by atoms with Gasteiger partial charge >= 0.3 is 12.4 Å². The molecule has 0 saturated heterocycles. The molecule has 0 nitrogen and oxygen atoms in total. The van der Waals surface area contributed by atoms with Crippen LogP contribution in [-0.4, -0.2) is 12.4 Å². The van der Waals surface area contributed by atoms with Crippen LogP contribution in [0.25, 0.3) is 0 Å². The van der Waals surface area contributed by atoms with E-state index in [4.69, 9.17) is 0 Å². The van der Waals surface area contributed by atoms with Crippen molar-refractivity contribution in [1.82, 2.24) is 0 Å². The van der Waals surface area contributed by atoms with E-state index >= 15 is 0 Å². The van der Waals surface area contributed by atoms with Gasteiger partial charge in [-0.05, 0) is 13.8 Å². The highest BCUT2D eigenvalue weighted by molar-refractivity contribution is 5.23. The number of hydrogen-bond acceptors (Lipinski definition) is 0. The van der Waals surface area contributed by atoms with Crippen LogP contribution in [0.3, 0.4) is 0 Å². The molecular weight excluding hydrogens is 222 g/mol. The summed E-state index contributed by atoms with van der Waals surface area (Å²) in [6.07, 6.45) is -8.70. The molecule has 0 radical (unpaired) electrons. The molecule has 0 aliphatic heterocycles. The van der Waals surface area contributed by atoms with Gasteiger partial charge in [-0.2, -0.15) is 26.3 Å². The highest BCUT2D eigenvalue weighted by atomic mass is 19.4. The first kappa shape index (κ1) is 14.1. The first-order chi connectivity index (χ1) is 6.52. The van der Waals surface area contributed by atoms with Crippen molar-refractivity contribution >= 4 is 0 Å². The van der Waals surface area contributed by atoms with Gasteiger partial charge in [0.2, 0.25) is 0 Å². The maximum absolute atomic E-state index is 12.0. The average molecular weight is 232 g/mol. The third-order valence-electron chi connectivity index (χ3n) is 1.55. The van der Waals surface area contributed by atoms with Gasteiger partial charge in [0.15, 0.2) is 0 Å². The average Bonchev–Trinajstić information content (AvgIpc) is 1.97. The van der Waals surface area contributed by atoms with Crippen molar-refractivity contribution < 1.29 is 26.3 Å². The number of alkyl halides is 6. The molecular formula is C9H10F6. The molecule has 15 heavy (non-hydrogen) atoms. The lowest BCUT2D eigenvalue weighted by atomic mass is 10.1. The van der Waals surface area contributed by atoms with Crippen LogP contribution in [0.15, 0.2) is 23.3 Å². The fourth-order valence-electron chi connectivity index (χ4n) is 0.759. The number of rotatable bonds is 2. The molecule has 0 rings (SSSR count). The lowest BCUT2D eigenvalue weighted by Crippen LogP contribution is -2.09. The molecule has 0 aromatic carbocycles. The van der Waals surface area contributed by atoms with E-state index in [0.717, 1.165) is 13.0 Å². The Kier molecular flexibility index (Phi) is 4.42. The van der Waals surface area contributed by atoms with E-state index in [2.05, 4.69) is 0 Å². The maximum atomic E-state index is 12.0. The summed E-state index contributed by atoms with van der Waals surface area (Å²) < 4.78 is 71.0. The van der Waals surface area contributed by atoms with Gasteiger partial charge in [0.25, 0.3) is 0 Å². The molecule has 0 aromatic heterocycles. The van der Waals surface area contributed by atoms with Crippen molar-refractivity contribution in [2.24, 2.45) is 0 Å².